The molecule has 36 heavy (non-hydrogen) atoms. The molecule has 0 bridgehead atoms. The first-order chi connectivity index (χ1) is 17.3. The van der Waals surface area contributed by atoms with Crippen LogP contribution in [0.15, 0.2) is 48.0 Å². The molecule has 1 aliphatic heterocycles. The number of unbranched alkanes of at least 4 members (excludes halogenated alkanes) is 2. The van der Waals surface area contributed by atoms with Crippen molar-refractivity contribution in [3.05, 3.63) is 64.7 Å². The van der Waals surface area contributed by atoms with Gasteiger partial charge >= 0.3 is 0 Å². The highest BCUT2D eigenvalue weighted by molar-refractivity contribution is 6.46. The first-order valence-corrected chi connectivity index (χ1v) is 13.0. The number of ether oxygens (including phenoxy) is 2. The molecule has 0 saturated carbocycles. The Hall–Kier alpha value is -3.28. The van der Waals surface area contributed by atoms with E-state index in [9.17, 15) is 14.7 Å². The number of ketones is 1. The quantitative estimate of drug-likeness (QED) is 0.160. The number of Topliss-reactive ketones (excluding diaryl/α,β-unsaturated/α-hetero) is 1. The van der Waals surface area contributed by atoms with Gasteiger partial charge in [0.25, 0.3) is 11.7 Å². The number of carbonyl (C=O) groups is 2. The maximum absolute atomic E-state index is 13.1. The maximum Gasteiger partial charge on any atom is 0.295 e. The van der Waals surface area contributed by atoms with Crippen LogP contribution in [0.25, 0.3) is 5.76 Å². The van der Waals surface area contributed by atoms with Crippen LogP contribution in [-0.4, -0.2) is 41.5 Å². The third-order valence-corrected chi connectivity index (χ3v) is 6.24. The van der Waals surface area contributed by atoms with Crippen molar-refractivity contribution in [2.75, 3.05) is 19.8 Å². The summed E-state index contributed by atoms with van der Waals surface area (Å²) < 4.78 is 11.7. The van der Waals surface area contributed by atoms with Crippen molar-refractivity contribution in [1.29, 1.82) is 0 Å². The Bertz CT molecular complexity index is 1090. The first-order valence-electron chi connectivity index (χ1n) is 13.0. The van der Waals surface area contributed by atoms with Gasteiger partial charge in [-0.1, -0.05) is 52.7 Å². The highest BCUT2D eigenvalue weighted by Crippen LogP contribution is 2.40. The van der Waals surface area contributed by atoms with E-state index in [1.165, 1.54) is 0 Å². The minimum atomic E-state index is -0.663. The number of aliphatic hydroxyl groups is 1. The number of benzene rings is 2. The van der Waals surface area contributed by atoms with Gasteiger partial charge in [-0.05, 0) is 67.1 Å². The van der Waals surface area contributed by atoms with E-state index < -0.39 is 17.7 Å². The molecule has 1 atom stereocenters. The summed E-state index contributed by atoms with van der Waals surface area (Å²) >= 11 is 0. The predicted molar refractivity (Wildman–Crippen MR) is 142 cm³/mol. The van der Waals surface area contributed by atoms with Crippen molar-refractivity contribution in [1.82, 2.24) is 4.90 Å². The highest BCUT2D eigenvalue weighted by atomic mass is 16.5. The number of amides is 1. The molecule has 6 nitrogen and oxygen atoms in total. The number of nitrogens with zero attached hydrogens (tertiary/aromatic N) is 1. The number of aliphatic hydroxyl groups excluding tert-OH is 1. The summed E-state index contributed by atoms with van der Waals surface area (Å²) in [7, 11) is 0. The van der Waals surface area contributed by atoms with Gasteiger partial charge in [-0.25, -0.2) is 0 Å². The van der Waals surface area contributed by atoms with E-state index in [4.69, 9.17) is 9.47 Å². The number of likely N-dealkylation sites (tertiary alicyclic amines) is 1. The minimum absolute atomic E-state index is 0.111. The van der Waals surface area contributed by atoms with Crippen molar-refractivity contribution in [2.24, 2.45) is 5.92 Å². The number of rotatable bonds is 12. The lowest BCUT2D eigenvalue weighted by Gasteiger charge is -2.25. The Morgan fingerprint density at radius 3 is 2.33 bits per heavy atom. The SMILES string of the molecule is CCCCCOc1ccc(C2/C(=C(/O)c3ccc(OCC(C)C)c(C)c3)C(=O)C(=O)N2CCC)cc1. The van der Waals surface area contributed by atoms with Crippen LogP contribution < -0.4 is 9.47 Å². The standard InChI is InChI=1S/C30H39NO5/c1-6-8-9-17-35-24-13-10-22(11-14-24)27-26(29(33)30(34)31(27)16-7-2)28(32)23-12-15-25(21(5)18-23)36-19-20(3)4/h10-15,18,20,27,32H,6-9,16-17,19H2,1-5H3/b28-26-. The fraction of sp³-hybridized carbons (Fsp3) is 0.467. The maximum atomic E-state index is 13.1. The smallest absolute Gasteiger partial charge is 0.295 e. The lowest BCUT2D eigenvalue weighted by Crippen LogP contribution is -2.30. The summed E-state index contributed by atoms with van der Waals surface area (Å²) in [4.78, 5) is 27.6. The lowest BCUT2D eigenvalue weighted by atomic mass is 9.94. The monoisotopic (exact) mass is 493 g/mol. The Morgan fingerprint density at radius 1 is 1.00 bits per heavy atom. The van der Waals surface area contributed by atoms with Gasteiger partial charge in [0.1, 0.15) is 17.3 Å². The second kappa shape index (κ2) is 12.6. The molecule has 0 aliphatic carbocycles. The van der Waals surface area contributed by atoms with Crippen molar-refractivity contribution >= 4 is 17.4 Å². The molecular formula is C30H39NO5. The molecule has 1 heterocycles. The van der Waals surface area contributed by atoms with Crippen molar-refractivity contribution in [3.8, 4) is 11.5 Å². The Labute approximate surface area is 214 Å². The highest BCUT2D eigenvalue weighted by Gasteiger charge is 2.45. The van der Waals surface area contributed by atoms with Crippen LogP contribution in [0.5, 0.6) is 11.5 Å². The van der Waals surface area contributed by atoms with Crippen LogP contribution in [-0.2, 0) is 9.59 Å². The van der Waals surface area contributed by atoms with Crippen LogP contribution in [0.2, 0.25) is 0 Å². The number of carbonyl (C=O) groups excluding carboxylic acids is 2. The molecule has 194 valence electrons. The van der Waals surface area contributed by atoms with E-state index in [0.29, 0.717) is 37.7 Å². The lowest BCUT2D eigenvalue weighted by molar-refractivity contribution is -0.139. The molecule has 2 aromatic rings. The summed E-state index contributed by atoms with van der Waals surface area (Å²) in [6.07, 6.45) is 3.94. The van der Waals surface area contributed by atoms with E-state index >= 15 is 0 Å². The molecule has 3 rings (SSSR count). The second-order valence-electron chi connectivity index (χ2n) is 9.80. The molecule has 6 heteroatoms. The molecule has 0 spiro atoms. The average molecular weight is 494 g/mol. The van der Waals surface area contributed by atoms with Crippen LogP contribution in [0.1, 0.15) is 76.1 Å². The van der Waals surface area contributed by atoms with Crippen LogP contribution in [0.3, 0.4) is 0 Å². The Kier molecular flexibility index (Phi) is 9.57. The zero-order valence-corrected chi connectivity index (χ0v) is 22.2. The molecule has 1 unspecified atom stereocenters. The topological polar surface area (TPSA) is 76.1 Å². The van der Waals surface area contributed by atoms with Crippen molar-refractivity contribution in [2.45, 2.75) is 66.3 Å². The summed E-state index contributed by atoms with van der Waals surface area (Å²) in [6, 6.07) is 12.1. The van der Waals surface area contributed by atoms with Gasteiger partial charge in [0, 0.05) is 12.1 Å². The predicted octanol–water partition coefficient (Wildman–Crippen LogP) is 6.43. The number of hydrogen-bond acceptors (Lipinski definition) is 5. The van der Waals surface area contributed by atoms with Crippen LogP contribution in [0, 0.1) is 12.8 Å². The molecular weight excluding hydrogens is 454 g/mol. The molecule has 1 fully saturated rings. The summed E-state index contributed by atoms with van der Waals surface area (Å²) in [5.41, 5.74) is 2.21. The van der Waals surface area contributed by atoms with Crippen molar-refractivity contribution < 1.29 is 24.2 Å². The molecule has 1 amide bonds. The van der Waals surface area contributed by atoms with Gasteiger partial charge in [0.2, 0.25) is 0 Å². The fourth-order valence-corrected chi connectivity index (χ4v) is 4.36. The molecule has 0 aromatic heterocycles. The molecule has 0 radical (unpaired) electrons. The Morgan fingerprint density at radius 2 is 1.72 bits per heavy atom. The van der Waals surface area contributed by atoms with Gasteiger partial charge in [0.05, 0.1) is 24.8 Å². The number of aryl methyl sites for hydroxylation is 1. The molecule has 1 saturated heterocycles. The first kappa shape index (κ1) is 27.3. The average Bonchev–Trinajstić information content (AvgIpc) is 3.11. The molecule has 1 aliphatic rings. The van der Waals surface area contributed by atoms with E-state index in [-0.39, 0.29) is 11.3 Å². The third kappa shape index (κ3) is 6.28. The van der Waals surface area contributed by atoms with Crippen molar-refractivity contribution in [3.63, 3.8) is 0 Å². The van der Waals surface area contributed by atoms with Gasteiger partial charge < -0.3 is 19.5 Å². The van der Waals surface area contributed by atoms with Gasteiger partial charge in [-0.3, -0.25) is 9.59 Å². The van der Waals surface area contributed by atoms with E-state index in [1.54, 1.807) is 23.1 Å². The largest absolute Gasteiger partial charge is 0.507 e. The number of hydrogen-bond donors (Lipinski definition) is 1. The summed E-state index contributed by atoms with van der Waals surface area (Å²) in [5.74, 6) is 0.448. The van der Waals surface area contributed by atoms with Gasteiger partial charge in [-0.15, -0.1) is 0 Å². The van der Waals surface area contributed by atoms with Crippen LogP contribution >= 0.6 is 0 Å². The zero-order valence-electron chi connectivity index (χ0n) is 22.2. The van der Waals surface area contributed by atoms with Crippen LogP contribution in [0.4, 0.5) is 0 Å². The zero-order chi connectivity index (χ0) is 26.2. The Balaban J connectivity index is 1.96. The molecule has 1 N–H and O–H groups in total. The van der Waals surface area contributed by atoms with Gasteiger partial charge in [-0.2, -0.15) is 0 Å². The summed E-state index contributed by atoms with van der Waals surface area (Å²) in [5, 5.41) is 11.3. The second-order valence-corrected chi connectivity index (χ2v) is 9.80. The minimum Gasteiger partial charge on any atom is -0.507 e. The van der Waals surface area contributed by atoms with E-state index in [2.05, 4.69) is 20.8 Å². The van der Waals surface area contributed by atoms with E-state index in [1.807, 2.05) is 38.1 Å². The normalized spacial score (nSPS) is 17.2. The fourth-order valence-electron chi connectivity index (χ4n) is 4.36. The van der Waals surface area contributed by atoms with Gasteiger partial charge in [0.15, 0.2) is 0 Å². The summed E-state index contributed by atoms with van der Waals surface area (Å²) in [6.45, 7) is 11.8. The van der Waals surface area contributed by atoms with E-state index in [0.717, 1.165) is 41.9 Å². The third-order valence-electron chi connectivity index (χ3n) is 6.24. The molecule has 2 aromatic carbocycles.